The number of ether oxygens (including phenoxy) is 1. The topological polar surface area (TPSA) is 84.6 Å². The van der Waals surface area contributed by atoms with Crippen LogP contribution in [0.25, 0.3) is 0 Å². The first kappa shape index (κ1) is 17.6. The molecule has 0 atom stereocenters. The Balaban J connectivity index is 1.78. The fourth-order valence-electron chi connectivity index (χ4n) is 3.03. The van der Waals surface area contributed by atoms with Gasteiger partial charge in [0.1, 0.15) is 5.82 Å². The molecule has 0 N–H and O–H groups in total. The Kier molecular flexibility index (Phi) is 5.44. The highest BCUT2D eigenvalue weighted by Crippen LogP contribution is 2.28. The molecule has 8 nitrogen and oxygen atoms in total. The molecule has 1 fully saturated rings. The van der Waals surface area contributed by atoms with Gasteiger partial charge in [-0.25, -0.2) is 4.98 Å². The van der Waals surface area contributed by atoms with E-state index in [4.69, 9.17) is 4.74 Å². The summed E-state index contributed by atoms with van der Waals surface area (Å²) < 4.78 is 9.50. The molecule has 0 aliphatic carbocycles. The lowest BCUT2D eigenvalue weighted by molar-refractivity contribution is -0.384. The number of nitrogens with zero attached hydrogens (tertiary/aromatic N) is 5. The van der Waals surface area contributed by atoms with Crippen LogP contribution in [0.2, 0.25) is 0 Å². The molecule has 1 aromatic heterocycles. The summed E-state index contributed by atoms with van der Waals surface area (Å²) in [5.74, 6) is 0.804. The average Bonchev–Trinajstić information content (AvgIpc) is 2.88. The normalized spacial score (nSPS) is 15.3. The third kappa shape index (κ3) is 4.05. The van der Waals surface area contributed by atoms with Crippen molar-refractivity contribution >= 4 is 28.0 Å². The van der Waals surface area contributed by atoms with Gasteiger partial charge >= 0.3 is 0 Å². The van der Waals surface area contributed by atoms with Crippen molar-refractivity contribution < 1.29 is 9.66 Å². The van der Waals surface area contributed by atoms with Crippen LogP contribution in [0.5, 0.6) is 0 Å². The van der Waals surface area contributed by atoms with E-state index in [0.717, 1.165) is 54.8 Å². The Labute approximate surface area is 150 Å². The molecule has 9 heteroatoms. The monoisotopic (exact) mass is 363 g/mol. The van der Waals surface area contributed by atoms with E-state index in [1.807, 2.05) is 13.0 Å². The van der Waals surface area contributed by atoms with Crippen LogP contribution in [0.3, 0.4) is 0 Å². The Bertz CT molecular complexity index is 751. The van der Waals surface area contributed by atoms with E-state index in [-0.39, 0.29) is 10.6 Å². The van der Waals surface area contributed by atoms with Crippen LogP contribution >= 0.6 is 11.5 Å². The van der Waals surface area contributed by atoms with E-state index >= 15 is 0 Å². The number of hydrogen-bond acceptors (Lipinski definition) is 8. The largest absolute Gasteiger partial charge is 0.380 e. The van der Waals surface area contributed by atoms with Crippen molar-refractivity contribution in [3.8, 4) is 0 Å². The summed E-state index contributed by atoms with van der Waals surface area (Å²) in [4.78, 5) is 19.7. The summed E-state index contributed by atoms with van der Waals surface area (Å²) in [6.07, 6.45) is 0.988. The summed E-state index contributed by atoms with van der Waals surface area (Å²) in [7, 11) is 1.60. The third-order valence-electron chi connectivity index (χ3n) is 4.20. The van der Waals surface area contributed by atoms with Gasteiger partial charge < -0.3 is 14.5 Å². The number of hydrogen-bond donors (Lipinski definition) is 0. The second-order valence-electron chi connectivity index (χ2n) is 5.95. The average molecular weight is 363 g/mol. The van der Waals surface area contributed by atoms with Crippen molar-refractivity contribution in [3.05, 3.63) is 39.7 Å². The summed E-state index contributed by atoms with van der Waals surface area (Å²) in [6.45, 7) is 5.75. The fraction of sp³-hybridized carbons (Fsp3) is 0.500. The fourth-order valence-corrected chi connectivity index (χ4v) is 3.75. The Morgan fingerprint density at radius 2 is 2.04 bits per heavy atom. The number of nitro benzene ring substituents is 1. The van der Waals surface area contributed by atoms with E-state index in [9.17, 15) is 10.1 Å². The second-order valence-corrected chi connectivity index (χ2v) is 6.69. The number of anilines is 2. The van der Waals surface area contributed by atoms with Crippen LogP contribution in [-0.4, -0.2) is 47.6 Å². The predicted molar refractivity (Wildman–Crippen MR) is 97.5 cm³/mol. The molecule has 1 aromatic carbocycles. The van der Waals surface area contributed by atoms with E-state index in [1.165, 1.54) is 11.5 Å². The molecule has 2 heterocycles. The molecule has 0 saturated carbocycles. The minimum Gasteiger partial charge on any atom is -0.380 e. The zero-order chi connectivity index (χ0) is 17.8. The van der Waals surface area contributed by atoms with E-state index < -0.39 is 0 Å². The smallest absolute Gasteiger partial charge is 0.269 e. The summed E-state index contributed by atoms with van der Waals surface area (Å²) >= 11 is 1.43. The van der Waals surface area contributed by atoms with Crippen molar-refractivity contribution in [3.63, 3.8) is 0 Å². The minimum atomic E-state index is -0.370. The van der Waals surface area contributed by atoms with Gasteiger partial charge in [0.15, 0.2) is 0 Å². The molecule has 0 radical (unpaired) electrons. The van der Waals surface area contributed by atoms with Crippen LogP contribution in [-0.2, 0) is 11.3 Å². The lowest BCUT2D eigenvalue weighted by atomic mass is 10.1. The molecule has 2 aromatic rings. The quantitative estimate of drug-likeness (QED) is 0.596. The highest BCUT2D eigenvalue weighted by molar-refractivity contribution is 7.09. The number of nitro groups is 1. The van der Waals surface area contributed by atoms with Crippen molar-refractivity contribution in [2.75, 3.05) is 43.1 Å². The first-order valence-electron chi connectivity index (χ1n) is 8.15. The third-order valence-corrected chi connectivity index (χ3v) is 5.07. The zero-order valence-electron chi connectivity index (χ0n) is 14.3. The maximum absolute atomic E-state index is 11.0. The Hall–Kier alpha value is -2.26. The van der Waals surface area contributed by atoms with Crippen LogP contribution in [0.4, 0.5) is 16.5 Å². The lowest BCUT2D eigenvalue weighted by Crippen LogP contribution is -2.31. The molecule has 0 amide bonds. The van der Waals surface area contributed by atoms with Gasteiger partial charge in [-0.15, -0.1) is 0 Å². The number of benzene rings is 1. The van der Waals surface area contributed by atoms with Crippen LogP contribution < -0.4 is 9.80 Å². The molecule has 0 bridgehead atoms. The van der Waals surface area contributed by atoms with Gasteiger partial charge in [-0.05, 0) is 19.4 Å². The second kappa shape index (κ2) is 7.75. The van der Waals surface area contributed by atoms with Gasteiger partial charge in [-0.1, -0.05) is 0 Å². The number of rotatable bonds is 5. The molecule has 0 unspecified atom stereocenters. The molecular weight excluding hydrogens is 342 g/mol. The van der Waals surface area contributed by atoms with Gasteiger partial charge in [-0.2, -0.15) is 4.37 Å². The Morgan fingerprint density at radius 3 is 2.72 bits per heavy atom. The highest BCUT2D eigenvalue weighted by Gasteiger charge is 2.21. The van der Waals surface area contributed by atoms with Gasteiger partial charge in [0, 0.05) is 68.2 Å². The van der Waals surface area contributed by atoms with E-state index in [2.05, 4.69) is 19.2 Å². The minimum absolute atomic E-state index is 0.0941. The molecule has 25 heavy (non-hydrogen) atoms. The first-order chi connectivity index (χ1) is 12.1. The molecule has 0 spiro atoms. The number of aryl methyl sites for hydroxylation is 1. The SMILES string of the molecule is COCc1cc([N+](=O)[O-])ccc1N1CCCN(c2nc(C)ns2)CC1. The molecule has 134 valence electrons. The number of methoxy groups -OCH3 is 1. The lowest BCUT2D eigenvalue weighted by Gasteiger charge is -2.25. The highest BCUT2D eigenvalue weighted by atomic mass is 32.1. The van der Waals surface area contributed by atoms with Crippen LogP contribution in [0.1, 0.15) is 17.8 Å². The molecule has 3 rings (SSSR count). The van der Waals surface area contributed by atoms with Gasteiger partial charge in [0.05, 0.1) is 11.5 Å². The predicted octanol–water partition coefficient (Wildman–Crippen LogP) is 2.62. The molecule has 1 saturated heterocycles. The van der Waals surface area contributed by atoms with Crippen LogP contribution in [0, 0.1) is 17.0 Å². The number of non-ortho nitro benzene ring substituents is 1. The van der Waals surface area contributed by atoms with Crippen molar-refractivity contribution in [2.24, 2.45) is 0 Å². The van der Waals surface area contributed by atoms with Gasteiger partial charge in [0.2, 0.25) is 5.13 Å². The first-order valence-corrected chi connectivity index (χ1v) is 8.92. The molecule has 1 aliphatic rings. The summed E-state index contributed by atoms with van der Waals surface area (Å²) in [5.41, 5.74) is 1.94. The summed E-state index contributed by atoms with van der Waals surface area (Å²) in [6, 6.07) is 5.00. The van der Waals surface area contributed by atoms with E-state index in [1.54, 1.807) is 19.2 Å². The van der Waals surface area contributed by atoms with Gasteiger partial charge in [0.25, 0.3) is 5.69 Å². The van der Waals surface area contributed by atoms with Gasteiger partial charge in [-0.3, -0.25) is 10.1 Å². The van der Waals surface area contributed by atoms with Crippen molar-refractivity contribution in [1.29, 1.82) is 0 Å². The van der Waals surface area contributed by atoms with Crippen molar-refractivity contribution in [2.45, 2.75) is 20.0 Å². The maximum atomic E-state index is 11.0. The molecular formula is C16H21N5O3S. The van der Waals surface area contributed by atoms with Crippen molar-refractivity contribution in [1.82, 2.24) is 9.36 Å². The number of aromatic nitrogens is 2. The maximum Gasteiger partial charge on any atom is 0.269 e. The summed E-state index contributed by atoms with van der Waals surface area (Å²) in [5, 5.41) is 12.0. The zero-order valence-corrected chi connectivity index (χ0v) is 15.2. The van der Waals surface area contributed by atoms with Crippen LogP contribution in [0.15, 0.2) is 18.2 Å². The van der Waals surface area contributed by atoms with E-state index in [0.29, 0.717) is 6.61 Å². The standard InChI is InChI=1S/C16H21N5O3S/c1-12-17-16(25-18-12)20-7-3-6-19(8-9-20)15-5-4-14(21(22)23)10-13(15)11-24-2/h4-5,10H,3,6-9,11H2,1-2H3. The molecule has 1 aliphatic heterocycles. The Morgan fingerprint density at radius 1 is 1.28 bits per heavy atom.